The van der Waals surface area contributed by atoms with Crippen molar-refractivity contribution in [3.63, 3.8) is 0 Å². The summed E-state index contributed by atoms with van der Waals surface area (Å²) in [5, 5.41) is 9.72. The van der Waals surface area contributed by atoms with Gasteiger partial charge in [-0.1, -0.05) is 13.3 Å². The third kappa shape index (κ3) is 3.84. The van der Waals surface area contributed by atoms with Crippen molar-refractivity contribution in [3.8, 4) is 0 Å². The Bertz CT molecular complexity index is 592. The van der Waals surface area contributed by atoms with Crippen molar-refractivity contribution in [3.05, 3.63) is 27.8 Å². The molecule has 5 heteroatoms. The standard InChI is InChI=1S/C16H27NO3S/c1-7-8-15(18)9-17-21(19,20)16-13(5)11(3)10(2)12(4)14(16)6/h15,17-18H,7-9H2,1-6H3. The van der Waals surface area contributed by atoms with Gasteiger partial charge in [-0.15, -0.1) is 0 Å². The molecule has 0 saturated heterocycles. The van der Waals surface area contributed by atoms with E-state index in [1.54, 1.807) is 0 Å². The molecule has 0 radical (unpaired) electrons. The molecule has 1 aromatic rings. The highest BCUT2D eigenvalue weighted by Gasteiger charge is 2.23. The number of aliphatic hydroxyl groups excluding tert-OH is 1. The van der Waals surface area contributed by atoms with E-state index >= 15 is 0 Å². The molecule has 0 aliphatic heterocycles. The lowest BCUT2D eigenvalue weighted by molar-refractivity contribution is 0.167. The molecule has 0 aliphatic carbocycles. The topological polar surface area (TPSA) is 66.4 Å². The molecule has 2 N–H and O–H groups in total. The Morgan fingerprint density at radius 1 is 0.952 bits per heavy atom. The number of benzene rings is 1. The van der Waals surface area contributed by atoms with Gasteiger partial charge in [0, 0.05) is 6.54 Å². The summed E-state index contributed by atoms with van der Waals surface area (Å²) >= 11 is 0. The summed E-state index contributed by atoms with van der Waals surface area (Å²) in [6.07, 6.45) is 0.772. The van der Waals surface area contributed by atoms with Crippen LogP contribution in [-0.2, 0) is 10.0 Å². The largest absolute Gasteiger partial charge is 0.392 e. The van der Waals surface area contributed by atoms with Crippen LogP contribution in [-0.4, -0.2) is 26.2 Å². The average Bonchev–Trinajstić information content (AvgIpc) is 2.41. The summed E-state index contributed by atoms with van der Waals surface area (Å²) < 4.78 is 27.7. The fraction of sp³-hybridized carbons (Fsp3) is 0.625. The molecule has 0 amide bonds. The highest BCUT2D eigenvalue weighted by atomic mass is 32.2. The summed E-state index contributed by atoms with van der Waals surface area (Å²) in [4.78, 5) is 0.354. The molecular weight excluding hydrogens is 286 g/mol. The highest BCUT2D eigenvalue weighted by molar-refractivity contribution is 7.89. The van der Waals surface area contributed by atoms with E-state index in [1.807, 2.05) is 41.5 Å². The van der Waals surface area contributed by atoms with E-state index in [-0.39, 0.29) is 6.54 Å². The Balaban J connectivity index is 3.21. The minimum absolute atomic E-state index is 0.0566. The minimum Gasteiger partial charge on any atom is -0.392 e. The molecule has 120 valence electrons. The number of rotatable bonds is 6. The van der Waals surface area contributed by atoms with Crippen LogP contribution in [0.5, 0.6) is 0 Å². The molecule has 21 heavy (non-hydrogen) atoms. The molecule has 1 rings (SSSR count). The Hall–Kier alpha value is -0.910. The Labute approximate surface area is 128 Å². The van der Waals surface area contributed by atoms with E-state index in [9.17, 15) is 13.5 Å². The third-order valence-electron chi connectivity index (χ3n) is 4.33. The van der Waals surface area contributed by atoms with Gasteiger partial charge in [-0.2, -0.15) is 0 Å². The fourth-order valence-corrected chi connectivity index (χ4v) is 4.25. The van der Waals surface area contributed by atoms with E-state index < -0.39 is 16.1 Å². The van der Waals surface area contributed by atoms with Crippen LogP contribution in [0.1, 0.15) is 47.6 Å². The van der Waals surface area contributed by atoms with Crippen LogP contribution < -0.4 is 4.72 Å². The lowest BCUT2D eigenvalue weighted by Crippen LogP contribution is -2.33. The smallest absolute Gasteiger partial charge is 0.241 e. The number of hydrogen-bond acceptors (Lipinski definition) is 3. The second kappa shape index (κ2) is 6.90. The lowest BCUT2D eigenvalue weighted by Gasteiger charge is -2.19. The summed E-state index contributed by atoms with van der Waals surface area (Å²) in [6.45, 7) is 11.6. The molecule has 0 fully saturated rings. The van der Waals surface area contributed by atoms with Gasteiger partial charge in [0.2, 0.25) is 10.0 Å². The molecule has 0 spiro atoms. The SMILES string of the molecule is CCCC(O)CNS(=O)(=O)c1c(C)c(C)c(C)c(C)c1C. The van der Waals surface area contributed by atoms with Gasteiger partial charge in [-0.3, -0.25) is 0 Å². The zero-order valence-electron chi connectivity index (χ0n) is 13.9. The molecule has 0 saturated carbocycles. The van der Waals surface area contributed by atoms with Gasteiger partial charge in [-0.25, -0.2) is 13.1 Å². The summed E-state index contributed by atoms with van der Waals surface area (Å²) in [6, 6.07) is 0. The minimum atomic E-state index is -3.61. The van der Waals surface area contributed by atoms with E-state index in [2.05, 4.69) is 4.72 Å². The van der Waals surface area contributed by atoms with Crippen molar-refractivity contribution in [1.29, 1.82) is 0 Å². The monoisotopic (exact) mass is 313 g/mol. The first-order valence-electron chi connectivity index (χ1n) is 7.38. The van der Waals surface area contributed by atoms with Crippen LogP contribution in [0.15, 0.2) is 4.90 Å². The summed E-state index contributed by atoms with van der Waals surface area (Å²) in [5.74, 6) is 0. The summed E-state index contributed by atoms with van der Waals surface area (Å²) in [7, 11) is -3.61. The third-order valence-corrected chi connectivity index (χ3v) is 6.03. The molecule has 1 atom stereocenters. The number of nitrogens with one attached hydrogen (secondary N) is 1. The van der Waals surface area contributed by atoms with Crippen LogP contribution in [0.25, 0.3) is 0 Å². The molecule has 1 unspecified atom stereocenters. The highest BCUT2D eigenvalue weighted by Crippen LogP contribution is 2.29. The van der Waals surface area contributed by atoms with Gasteiger partial charge in [0.1, 0.15) is 0 Å². The van der Waals surface area contributed by atoms with E-state index in [4.69, 9.17) is 0 Å². The Morgan fingerprint density at radius 3 is 1.81 bits per heavy atom. The Kier molecular flexibility index (Phi) is 5.96. The molecular formula is C16H27NO3S. The molecule has 1 aromatic carbocycles. The van der Waals surface area contributed by atoms with Crippen molar-refractivity contribution < 1.29 is 13.5 Å². The van der Waals surface area contributed by atoms with E-state index in [1.165, 1.54) is 0 Å². The second-order valence-corrected chi connectivity index (χ2v) is 7.45. The van der Waals surface area contributed by atoms with Gasteiger partial charge in [0.05, 0.1) is 11.0 Å². The first-order valence-corrected chi connectivity index (χ1v) is 8.86. The van der Waals surface area contributed by atoms with Crippen LogP contribution >= 0.6 is 0 Å². The zero-order chi connectivity index (χ0) is 16.4. The van der Waals surface area contributed by atoms with Gasteiger partial charge >= 0.3 is 0 Å². The average molecular weight is 313 g/mol. The maximum Gasteiger partial charge on any atom is 0.241 e. The maximum atomic E-state index is 12.6. The van der Waals surface area contributed by atoms with Gasteiger partial charge in [0.25, 0.3) is 0 Å². The predicted molar refractivity (Wildman–Crippen MR) is 86.2 cm³/mol. The molecule has 0 heterocycles. The van der Waals surface area contributed by atoms with Crippen LogP contribution in [0, 0.1) is 34.6 Å². The number of hydrogen-bond donors (Lipinski definition) is 2. The van der Waals surface area contributed by atoms with Gasteiger partial charge in [-0.05, 0) is 68.9 Å². The van der Waals surface area contributed by atoms with Crippen molar-refractivity contribution in [2.45, 2.75) is 65.4 Å². The zero-order valence-corrected chi connectivity index (χ0v) is 14.7. The molecule has 0 aromatic heterocycles. The molecule has 0 bridgehead atoms. The van der Waals surface area contributed by atoms with Crippen LogP contribution in [0.4, 0.5) is 0 Å². The molecule has 0 aliphatic rings. The predicted octanol–water partition coefficient (Wildman–Crippen LogP) is 2.67. The van der Waals surface area contributed by atoms with Crippen molar-refractivity contribution in [1.82, 2.24) is 4.72 Å². The first kappa shape index (κ1) is 18.1. The van der Waals surface area contributed by atoms with Crippen LogP contribution in [0.3, 0.4) is 0 Å². The van der Waals surface area contributed by atoms with Gasteiger partial charge in [0.15, 0.2) is 0 Å². The maximum absolute atomic E-state index is 12.6. The number of sulfonamides is 1. The fourth-order valence-electron chi connectivity index (χ4n) is 2.58. The lowest BCUT2D eigenvalue weighted by atomic mass is 9.95. The quantitative estimate of drug-likeness (QED) is 0.848. The normalized spacial score (nSPS) is 13.5. The summed E-state index contributed by atoms with van der Waals surface area (Å²) in [5.41, 5.74) is 4.72. The first-order chi connectivity index (χ1) is 9.63. The van der Waals surface area contributed by atoms with E-state index in [0.29, 0.717) is 11.3 Å². The van der Waals surface area contributed by atoms with Crippen molar-refractivity contribution in [2.75, 3.05) is 6.54 Å². The second-order valence-electron chi connectivity index (χ2n) is 5.75. The van der Waals surface area contributed by atoms with Gasteiger partial charge < -0.3 is 5.11 Å². The van der Waals surface area contributed by atoms with E-state index in [0.717, 1.165) is 34.2 Å². The Morgan fingerprint density at radius 2 is 1.38 bits per heavy atom. The van der Waals surface area contributed by atoms with Crippen LogP contribution in [0.2, 0.25) is 0 Å². The van der Waals surface area contributed by atoms with Crippen molar-refractivity contribution in [2.24, 2.45) is 0 Å². The van der Waals surface area contributed by atoms with Crippen molar-refractivity contribution >= 4 is 10.0 Å². The number of aliphatic hydroxyl groups is 1. The molecule has 4 nitrogen and oxygen atoms in total.